The molecule has 0 saturated carbocycles. The largest absolute Gasteiger partial charge is 0.320 e. The molecule has 1 aliphatic rings. The molecule has 116 valence electrons. The Morgan fingerprint density at radius 2 is 2.12 bits per heavy atom. The predicted molar refractivity (Wildman–Crippen MR) is 93.0 cm³/mol. The minimum absolute atomic E-state index is 0.123. The van der Waals surface area contributed by atoms with E-state index in [4.69, 9.17) is 11.6 Å². The quantitative estimate of drug-likeness (QED) is 0.575. The average molecular weight is 334 g/mol. The van der Waals surface area contributed by atoms with Crippen molar-refractivity contribution in [3.63, 3.8) is 0 Å². The minimum Gasteiger partial charge on any atom is -0.320 e. The van der Waals surface area contributed by atoms with Crippen LogP contribution in [0.15, 0.2) is 41.3 Å². The molecule has 0 bridgehead atoms. The summed E-state index contributed by atoms with van der Waals surface area (Å²) in [5.74, 6) is 0. The number of aromatic nitrogens is 2. The summed E-state index contributed by atoms with van der Waals surface area (Å²) >= 11 is 6.11. The summed E-state index contributed by atoms with van der Waals surface area (Å²) in [5.41, 5.74) is 5.74. The second-order valence-corrected chi connectivity index (χ2v) is 6.27. The molecule has 0 spiro atoms. The zero-order valence-electron chi connectivity index (χ0n) is 12.9. The van der Waals surface area contributed by atoms with E-state index in [-0.39, 0.29) is 11.1 Å². The molecule has 4 nitrogen and oxygen atoms in total. The van der Waals surface area contributed by atoms with Gasteiger partial charge in [-0.05, 0) is 36.2 Å². The van der Waals surface area contributed by atoms with Crippen molar-refractivity contribution >= 4 is 11.6 Å². The van der Waals surface area contributed by atoms with Gasteiger partial charge in [-0.15, -0.1) is 0 Å². The van der Waals surface area contributed by atoms with Crippen molar-refractivity contribution in [1.29, 1.82) is 5.26 Å². The molecule has 4 rings (SSSR count). The molecule has 0 radical (unpaired) electrons. The summed E-state index contributed by atoms with van der Waals surface area (Å²) in [4.78, 5) is 19.6. The van der Waals surface area contributed by atoms with Crippen molar-refractivity contribution < 1.29 is 0 Å². The van der Waals surface area contributed by atoms with Gasteiger partial charge in [0.15, 0.2) is 0 Å². The highest BCUT2D eigenvalue weighted by molar-refractivity contribution is 6.31. The van der Waals surface area contributed by atoms with Gasteiger partial charge in [-0.3, -0.25) is 9.78 Å². The molecule has 0 saturated heterocycles. The number of hydrogen-bond acceptors (Lipinski definition) is 3. The third kappa shape index (κ3) is 2.14. The molecule has 2 heterocycles. The Hall–Kier alpha value is -2.90. The molecule has 3 aromatic rings. The highest BCUT2D eigenvalue weighted by Crippen LogP contribution is 2.41. The summed E-state index contributed by atoms with van der Waals surface area (Å²) in [7, 11) is 0. The maximum absolute atomic E-state index is 12.4. The first-order valence-electron chi connectivity index (χ1n) is 7.49. The topological polar surface area (TPSA) is 69.5 Å². The van der Waals surface area contributed by atoms with Crippen molar-refractivity contribution in [2.24, 2.45) is 0 Å². The smallest absolute Gasteiger partial charge is 0.266 e. The third-order valence-corrected chi connectivity index (χ3v) is 4.57. The molecular formula is C19H12ClN3O. The number of aryl methyl sites for hydroxylation is 1. The predicted octanol–water partition coefficient (Wildman–Crippen LogP) is 3.84. The van der Waals surface area contributed by atoms with Crippen LogP contribution in [0, 0.1) is 18.3 Å². The zero-order valence-corrected chi connectivity index (χ0v) is 13.6. The van der Waals surface area contributed by atoms with Gasteiger partial charge < -0.3 is 4.98 Å². The van der Waals surface area contributed by atoms with Crippen LogP contribution in [0.3, 0.4) is 0 Å². The van der Waals surface area contributed by atoms with Gasteiger partial charge in [0.05, 0.1) is 5.69 Å². The van der Waals surface area contributed by atoms with Crippen LogP contribution >= 0.6 is 11.6 Å². The van der Waals surface area contributed by atoms with Crippen LogP contribution in [0.2, 0.25) is 5.02 Å². The van der Waals surface area contributed by atoms with Crippen molar-refractivity contribution in [3.8, 4) is 28.5 Å². The first-order valence-corrected chi connectivity index (χ1v) is 7.87. The number of hydrogen-bond donors (Lipinski definition) is 1. The zero-order chi connectivity index (χ0) is 16.8. The fourth-order valence-electron chi connectivity index (χ4n) is 3.21. The standard InChI is InChI=1S/C19H12ClN3O/c1-10-2-3-12(9-22-10)17-15-6-11-4-5-13(20)7-14(11)18(15)23-19(24)16(17)8-21/h2-5,7,9H,6H2,1H3,(H,23,24). The van der Waals surface area contributed by atoms with Crippen LogP contribution in [0.5, 0.6) is 0 Å². The summed E-state index contributed by atoms with van der Waals surface area (Å²) < 4.78 is 0. The molecule has 1 aromatic carbocycles. The minimum atomic E-state index is -0.389. The lowest BCUT2D eigenvalue weighted by atomic mass is 9.95. The second kappa shape index (κ2) is 5.33. The molecule has 0 fully saturated rings. The van der Waals surface area contributed by atoms with Gasteiger partial charge in [0.25, 0.3) is 5.56 Å². The molecule has 2 aromatic heterocycles. The lowest BCUT2D eigenvalue weighted by Crippen LogP contribution is -2.14. The van der Waals surface area contributed by atoms with Gasteiger partial charge in [-0.1, -0.05) is 23.7 Å². The summed E-state index contributed by atoms with van der Waals surface area (Å²) in [6.07, 6.45) is 2.36. The molecule has 0 atom stereocenters. The molecule has 0 unspecified atom stereocenters. The van der Waals surface area contributed by atoms with E-state index in [0.717, 1.165) is 33.6 Å². The van der Waals surface area contributed by atoms with E-state index in [2.05, 4.69) is 9.97 Å². The Bertz CT molecular complexity index is 1080. The molecule has 24 heavy (non-hydrogen) atoms. The van der Waals surface area contributed by atoms with E-state index in [9.17, 15) is 10.1 Å². The normalized spacial score (nSPS) is 11.7. The molecule has 5 heteroatoms. The van der Waals surface area contributed by atoms with Crippen LogP contribution in [0.25, 0.3) is 22.4 Å². The SMILES string of the molecule is Cc1ccc(-c2c3c([nH]c(=O)c2C#N)-c2cc(Cl)ccc2C3)cn1. The molecule has 0 amide bonds. The summed E-state index contributed by atoms with van der Waals surface area (Å²) in [6.45, 7) is 1.90. The maximum atomic E-state index is 12.4. The highest BCUT2D eigenvalue weighted by Gasteiger charge is 2.26. The lowest BCUT2D eigenvalue weighted by molar-refractivity contribution is 1.16. The van der Waals surface area contributed by atoms with Crippen molar-refractivity contribution in [2.45, 2.75) is 13.3 Å². The van der Waals surface area contributed by atoms with Gasteiger partial charge >= 0.3 is 0 Å². The molecule has 0 aliphatic heterocycles. The van der Waals surface area contributed by atoms with Crippen LogP contribution in [0.4, 0.5) is 0 Å². The second-order valence-electron chi connectivity index (χ2n) is 5.84. The first-order chi connectivity index (χ1) is 11.6. The lowest BCUT2D eigenvalue weighted by Gasteiger charge is -2.10. The van der Waals surface area contributed by atoms with Gasteiger partial charge in [0.1, 0.15) is 11.6 Å². The van der Waals surface area contributed by atoms with Crippen LogP contribution in [-0.2, 0) is 6.42 Å². The molecule has 1 N–H and O–H groups in total. The number of nitriles is 1. The van der Waals surface area contributed by atoms with Crippen LogP contribution in [-0.4, -0.2) is 9.97 Å². The van der Waals surface area contributed by atoms with Crippen LogP contribution < -0.4 is 5.56 Å². The van der Waals surface area contributed by atoms with Gasteiger partial charge in [0, 0.05) is 40.0 Å². The van der Waals surface area contributed by atoms with Gasteiger partial charge in [-0.25, -0.2) is 0 Å². The highest BCUT2D eigenvalue weighted by atomic mass is 35.5. The molecular weight excluding hydrogens is 322 g/mol. The van der Waals surface area contributed by atoms with E-state index in [1.807, 2.05) is 43.3 Å². The van der Waals surface area contributed by atoms with E-state index >= 15 is 0 Å². The number of fused-ring (bicyclic) bond motifs is 3. The number of nitrogens with zero attached hydrogens (tertiary/aromatic N) is 2. The van der Waals surface area contributed by atoms with Crippen LogP contribution in [0.1, 0.15) is 22.4 Å². The fourth-order valence-corrected chi connectivity index (χ4v) is 3.39. The monoisotopic (exact) mass is 333 g/mol. The summed E-state index contributed by atoms with van der Waals surface area (Å²) in [6, 6.07) is 11.5. The van der Waals surface area contributed by atoms with E-state index < -0.39 is 0 Å². The van der Waals surface area contributed by atoms with Crippen molar-refractivity contribution in [1.82, 2.24) is 9.97 Å². The number of benzene rings is 1. The van der Waals surface area contributed by atoms with E-state index in [1.54, 1.807) is 6.20 Å². The van der Waals surface area contributed by atoms with E-state index in [1.165, 1.54) is 0 Å². The summed E-state index contributed by atoms with van der Waals surface area (Å²) in [5, 5.41) is 10.1. The Morgan fingerprint density at radius 1 is 1.29 bits per heavy atom. The number of rotatable bonds is 1. The number of nitrogens with one attached hydrogen (secondary N) is 1. The first kappa shape index (κ1) is 14.7. The Kier molecular flexibility index (Phi) is 3.26. The third-order valence-electron chi connectivity index (χ3n) is 4.34. The Morgan fingerprint density at radius 3 is 2.83 bits per heavy atom. The molecule has 1 aliphatic carbocycles. The average Bonchev–Trinajstić information content (AvgIpc) is 2.92. The fraction of sp³-hybridized carbons (Fsp3) is 0.105. The number of H-pyrrole nitrogens is 1. The van der Waals surface area contributed by atoms with Crippen molar-refractivity contribution in [2.75, 3.05) is 0 Å². The Balaban J connectivity index is 2.06. The van der Waals surface area contributed by atoms with Crippen molar-refractivity contribution in [3.05, 3.63) is 74.3 Å². The van der Waals surface area contributed by atoms with Gasteiger partial charge in [0.2, 0.25) is 0 Å². The maximum Gasteiger partial charge on any atom is 0.266 e. The number of pyridine rings is 2. The van der Waals surface area contributed by atoms with E-state index in [0.29, 0.717) is 17.0 Å². The number of aromatic amines is 1. The van der Waals surface area contributed by atoms with Gasteiger partial charge in [-0.2, -0.15) is 5.26 Å². The number of halogens is 1. The Labute approximate surface area is 143 Å².